The van der Waals surface area contributed by atoms with Crippen LogP contribution in [0, 0.1) is 32.1 Å². The number of nitrogens with zero attached hydrogens (tertiary/aromatic N) is 1. The van der Waals surface area contributed by atoms with Gasteiger partial charge in [-0.05, 0) is 61.7 Å². The van der Waals surface area contributed by atoms with E-state index in [9.17, 15) is 0 Å². The first kappa shape index (κ1) is 13.5. The van der Waals surface area contributed by atoms with Crippen molar-refractivity contribution in [2.75, 3.05) is 0 Å². The molecule has 0 aliphatic rings. The first-order chi connectivity index (χ1) is 9.01. The molecule has 0 saturated carbocycles. The normalized spacial score (nSPS) is 10.1. The number of nitriles is 1. The van der Waals surface area contributed by atoms with Gasteiger partial charge in [-0.25, -0.2) is 0 Å². The summed E-state index contributed by atoms with van der Waals surface area (Å²) < 4.78 is 5.89. The Kier molecular flexibility index (Phi) is 3.78. The highest BCUT2D eigenvalue weighted by Crippen LogP contribution is 2.33. The van der Waals surface area contributed by atoms with Crippen molar-refractivity contribution < 1.29 is 4.74 Å². The van der Waals surface area contributed by atoms with Crippen LogP contribution in [0.3, 0.4) is 0 Å². The van der Waals surface area contributed by atoms with E-state index in [1.807, 2.05) is 51.1 Å². The average molecular weight is 272 g/mol. The fourth-order valence-corrected chi connectivity index (χ4v) is 2.32. The average Bonchev–Trinajstić information content (AvgIpc) is 2.35. The molecule has 0 bridgehead atoms. The zero-order valence-electron chi connectivity index (χ0n) is 11.1. The van der Waals surface area contributed by atoms with Crippen molar-refractivity contribution in [2.45, 2.75) is 20.8 Å². The molecular formula is C16H14ClNO. The lowest BCUT2D eigenvalue weighted by Gasteiger charge is -2.13. The van der Waals surface area contributed by atoms with E-state index in [1.165, 1.54) is 0 Å². The molecule has 2 rings (SSSR count). The summed E-state index contributed by atoms with van der Waals surface area (Å²) in [6.07, 6.45) is 0. The van der Waals surface area contributed by atoms with Crippen LogP contribution >= 0.6 is 11.6 Å². The SMILES string of the molecule is Cc1ccc(Oc2c(C)cc(Cl)cc2C)c(C#N)c1. The molecule has 0 unspecified atom stereocenters. The van der Waals surface area contributed by atoms with E-state index in [4.69, 9.17) is 21.6 Å². The molecule has 0 atom stereocenters. The van der Waals surface area contributed by atoms with Gasteiger partial charge in [0.2, 0.25) is 0 Å². The molecule has 19 heavy (non-hydrogen) atoms. The summed E-state index contributed by atoms with van der Waals surface area (Å²) in [4.78, 5) is 0. The van der Waals surface area contributed by atoms with Crippen molar-refractivity contribution in [2.24, 2.45) is 0 Å². The third kappa shape index (κ3) is 2.89. The lowest BCUT2D eigenvalue weighted by atomic mass is 10.1. The van der Waals surface area contributed by atoms with Crippen LogP contribution in [-0.2, 0) is 0 Å². The van der Waals surface area contributed by atoms with E-state index in [2.05, 4.69) is 6.07 Å². The second-order valence-electron chi connectivity index (χ2n) is 4.58. The third-order valence-electron chi connectivity index (χ3n) is 2.89. The van der Waals surface area contributed by atoms with Crippen molar-refractivity contribution in [1.82, 2.24) is 0 Å². The van der Waals surface area contributed by atoms with E-state index >= 15 is 0 Å². The second-order valence-corrected chi connectivity index (χ2v) is 5.02. The molecule has 2 nitrogen and oxygen atoms in total. The Balaban J connectivity index is 2.45. The first-order valence-electron chi connectivity index (χ1n) is 5.96. The van der Waals surface area contributed by atoms with Crippen LogP contribution in [-0.4, -0.2) is 0 Å². The van der Waals surface area contributed by atoms with Crippen molar-refractivity contribution in [3.63, 3.8) is 0 Å². The molecule has 3 heteroatoms. The molecule has 0 aromatic heterocycles. The topological polar surface area (TPSA) is 33.0 Å². The summed E-state index contributed by atoms with van der Waals surface area (Å²) in [5.41, 5.74) is 3.48. The molecule has 0 heterocycles. The van der Waals surface area contributed by atoms with Gasteiger partial charge in [0, 0.05) is 5.02 Å². The molecular weight excluding hydrogens is 258 g/mol. The maximum atomic E-state index is 9.15. The summed E-state index contributed by atoms with van der Waals surface area (Å²) in [5.74, 6) is 1.33. The Hall–Kier alpha value is -1.98. The lowest BCUT2D eigenvalue weighted by molar-refractivity contribution is 0.473. The largest absolute Gasteiger partial charge is 0.455 e. The monoisotopic (exact) mass is 271 g/mol. The summed E-state index contributed by atoms with van der Waals surface area (Å²) >= 11 is 6.00. The van der Waals surface area contributed by atoms with Gasteiger partial charge in [0.15, 0.2) is 0 Å². The molecule has 0 amide bonds. The van der Waals surface area contributed by atoms with Gasteiger partial charge in [-0.3, -0.25) is 0 Å². The summed E-state index contributed by atoms with van der Waals surface area (Å²) in [6.45, 7) is 5.83. The van der Waals surface area contributed by atoms with Gasteiger partial charge in [-0.2, -0.15) is 5.26 Å². The third-order valence-corrected chi connectivity index (χ3v) is 3.11. The summed E-state index contributed by atoms with van der Waals surface area (Å²) in [6, 6.07) is 11.4. The molecule has 2 aromatic rings. The van der Waals surface area contributed by atoms with Crippen LogP contribution in [0.1, 0.15) is 22.3 Å². The van der Waals surface area contributed by atoms with Gasteiger partial charge in [0.25, 0.3) is 0 Å². The Morgan fingerprint density at radius 1 is 1.05 bits per heavy atom. The summed E-state index contributed by atoms with van der Waals surface area (Å²) in [5, 5.41) is 9.84. The van der Waals surface area contributed by atoms with E-state index in [1.54, 1.807) is 0 Å². The number of hydrogen-bond acceptors (Lipinski definition) is 2. The molecule has 0 radical (unpaired) electrons. The van der Waals surface area contributed by atoms with Crippen LogP contribution in [0.5, 0.6) is 11.5 Å². The molecule has 2 aromatic carbocycles. The Bertz CT molecular complexity index is 648. The van der Waals surface area contributed by atoms with Crippen LogP contribution in [0.2, 0.25) is 5.02 Å². The minimum absolute atomic E-state index is 0.536. The molecule has 0 spiro atoms. The van der Waals surface area contributed by atoms with Crippen LogP contribution in [0.15, 0.2) is 30.3 Å². The maximum absolute atomic E-state index is 9.15. The highest BCUT2D eigenvalue weighted by Gasteiger charge is 2.10. The van der Waals surface area contributed by atoms with Gasteiger partial charge in [0.05, 0.1) is 5.56 Å². The predicted molar refractivity (Wildman–Crippen MR) is 76.9 cm³/mol. The van der Waals surface area contributed by atoms with Gasteiger partial charge >= 0.3 is 0 Å². The molecule has 0 aliphatic heterocycles. The molecule has 0 N–H and O–H groups in total. The Morgan fingerprint density at radius 2 is 1.68 bits per heavy atom. The molecule has 0 aliphatic carbocycles. The number of rotatable bonds is 2. The number of ether oxygens (including phenoxy) is 1. The minimum atomic E-state index is 0.536. The van der Waals surface area contributed by atoms with Crippen LogP contribution < -0.4 is 4.74 Å². The zero-order valence-corrected chi connectivity index (χ0v) is 11.9. The van der Waals surface area contributed by atoms with Gasteiger partial charge < -0.3 is 4.74 Å². The van der Waals surface area contributed by atoms with Crippen LogP contribution in [0.25, 0.3) is 0 Å². The second kappa shape index (κ2) is 5.34. The first-order valence-corrected chi connectivity index (χ1v) is 6.34. The highest BCUT2D eigenvalue weighted by atomic mass is 35.5. The Labute approximate surface area is 118 Å². The predicted octanol–water partition coefficient (Wildman–Crippen LogP) is 4.93. The van der Waals surface area contributed by atoms with Crippen molar-refractivity contribution >= 4 is 11.6 Å². The number of benzene rings is 2. The number of hydrogen-bond donors (Lipinski definition) is 0. The van der Waals surface area contributed by atoms with Gasteiger partial charge in [-0.15, -0.1) is 0 Å². The maximum Gasteiger partial charge on any atom is 0.145 e. The fourth-order valence-electron chi connectivity index (χ4n) is 1.99. The van der Waals surface area contributed by atoms with Gasteiger partial charge in [0.1, 0.15) is 17.6 Å². The minimum Gasteiger partial charge on any atom is -0.455 e. The molecule has 0 fully saturated rings. The standard InChI is InChI=1S/C16H14ClNO/c1-10-4-5-15(13(6-10)9-18)19-16-11(2)7-14(17)8-12(16)3/h4-8H,1-3H3. The van der Waals surface area contributed by atoms with Crippen LogP contribution in [0.4, 0.5) is 0 Å². The van der Waals surface area contributed by atoms with E-state index in [0.29, 0.717) is 16.3 Å². The highest BCUT2D eigenvalue weighted by molar-refractivity contribution is 6.30. The Morgan fingerprint density at radius 3 is 2.26 bits per heavy atom. The van der Waals surface area contributed by atoms with Gasteiger partial charge in [-0.1, -0.05) is 17.7 Å². The van der Waals surface area contributed by atoms with E-state index < -0.39 is 0 Å². The van der Waals surface area contributed by atoms with Crippen molar-refractivity contribution in [3.05, 3.63) is 57.6 Å². The van der Waals surface area contributed by atoms with E-state index in [-0.39, 0.29) is 0 Å². The summed E-state index contributed by atoms with van der Waals surface area (Å²) in [7, 11) is 0. The quantitative estimate of drug-likeness (QED) is 0.776. The fraction of sp³-hybridized carbons (Fsp3) is 0.188. The lowest BCUT2D eigenvalue weighted by Crippen LogP contribution is -1.94. The number of halogens is 1. The van der Waals surface area contributed by atoms with Crippen molar-refractivity contribution in [3.8, 4) is 17.6 Å². The number of aryl methyl sites for hydroxylation is 3. The zero-order chi connectivity index (χ0) is 14.0. The molecule has 96 valence electrons. The van der Waals surface area contributed by atoms with E-state index in [0.717, 1.165) is 22.4 Å². The van der Waals surface area contributed by atoms with Crippen molar-refractivity contribution in [1.29, 1.82) is 5.26 Å². The molecule has 0 saturated heterocycles. The smallest absolute Gasteiger partial charge is 0.145 e.